The first-order valence-corrected chi connectivity index (χ1v) is 6.11. The van der Waals surface area contributed by atoms with Gasteiger partial charge >= 0.3 is 5.97 Å². The first kappa shape index (κ1) is 13.8. The average Bonchev–Trinajstić information content (AvgIpc) is 2.34. The van der Waals surface area contributed by atoms with Crippen molar-refractivity contribution in [1.82, 2.24) is 0 Å². The van der Waals surface area contributed by atoms with Crippen LogP contribution < -0.4 is 4.74 Å². The summed E-state index contributed by atoms with van der Waals surface area (Å²) in [5.74, 6) is 0.565. The Bertz CT molecular complexity index is 338. The molecule has 17 heavy (non-hydrogen) atoms. The molecule has 0 N–H and O–H groups in total. The molecule has 0 heterocycles. The topological polar surface area (TPSA) is 35.5 Å². The average molecular weight is 257 g/mol. The molecule has 0 bridgehead atoms. The molecule has 0 aliphatic heterocycles. The predicted octanol–water partition coefficient (Wildman–Crippen LogP) is 2.87. The van der Waals surface area contributed by atoms with Gasteiger partial charge in [-0.05, 0) is 18.1 Å². The van der Waals surface area contributed by atoms with Crippen LogP contribution in [-0.4, -0.2) is 24.6 Å². The summed E-state index contributed by atoms with van der Waals surface area (Å²) in [6.45, 7) is 4.33. The number of hydrogen-bond donors (Lipinski definition) is 0. The van der Waals surface area contributed by atoms with Crippen molar-refractivity contribution < 1.29 is 14.3 Å². The van der Waals surface area contributed by atoms with Crippen molar-refractivity contribution in [3.8, 4) is 5.75 Å². The van der Waals surface area contributed by atoms with Crippen LogP contribution in [0.5, 0.6) is 5.75 Å². The fourth-order valence-corrected chi connectivity index (χ4v) is 1.34. The van der Waals surface area contributed by atoms with E-state index in [2.05, 4.69) is 0 Å². The Labute approximate surface area is 107 Å². The number of benzene rings is 1. The van der Waals surface area contributed by atoms with Gasteiger partial charge in [0.15, 0.2) is 0 Å². The standard InChI is InChI=1S/C13H17ClO3/c1-10(2)9-16-13(15)12(8-14)17-11-6-4-3-5-7-11/h3-7,10,12H,8-9H2,1-2H3. The zero-order valence-electron chi connectivity index (χ0n) is 10.1. The number of ether oxygens (including phenoxy) is 2. The molecule has 1 aromatic rings. The van der Waals surface area contributed by atoms with Gasteiger partial charge in [0.2, 0.25) is 6.10 Å². The van der Waals surface area contributed by atoms with Crippen LogP contribution in [0.15, 0.2) is 30.3 Å². The quantitative estimate of drug-likeness (QED) is 0.580. The van der Waals surface area contributed by atoms with E-state index in [1.165, 1.54) is 0 Å². The van der Waals surface area contributed by atoms with E-state index in [1.54, 1.807) is 12.1 Å². The van der Waals surface area contributed by atoms with Gasteiger partial charge < -0.3 is 9.47 Å². The highest BCUT2D eigenvalue weighted by Crippen LogP contribution is 2.12. The second-order valence-corrected chi connectivity index (χ2v) is 4.41. The molecule has 0 aliphatic carbocycles. The molecule has 0 saturated heterocycles. The van der Waals surface area contributed by atoms with Gasteiger partial charge in [0, 0.05) is 0 Å². The number of carbonyl (C=O) groups is 1. The molecule has 3 nitrogen and oxygen atoms in total. The van der Waals surface area contributed by atoms with Gasteiger partial charge in [0.05, 0.1) is 12.5 Å². The van der Waals surface area contributed by atoms with Crippen LogP contribution in [-0.2, 0) is 9.53 Å². The number of para-hydroxylation sites is 1. The lowest BCUT2D eigenvalue weighted by molar-refractivity contribution is -0.151. The predicted molar refractivity (Wildman–Crippen MR) is 67.4 cm³/mol. The Kier molecular flexibility index (Phi) is 5.84. The molecule has 0 fully saturated rings. The summed E-state index contributed by atoms with van der Waals surface area (Å²) in [5, 5.41) is 0. The van der Waals surface area contributed by atoms with Gasteiger partial charge in [-0.1, -0.05) is 32.0 Å². The summed E-state index contributed by atoms with van der Waals surface area (Å²) in [6.07, 6.45) is -0.752. The SMILES string of the molecule is CC(C)COC(=O)C(CCl)Oc1ccccc1. The third kappa shape index (κ3) is 5.09. The molecule has 4 heteroatoms. The molecular weight excluding hydrogens is 240 g/mol. The molecule has 0 radical (unpaired) electrons. The van der Waals surface area contributed by atoms with Crippen LogP contribution >= 0.6 is 11.6 Å². The molecule has 0 aromatic heterocycles. The molecule has 0 amide bonds. The minimum absolute atomic E-state index is 0.0752. The van der Waals surface area contributed by atoms with Crippen molar-refractivity contribution in [2.75, 3.05) is 12.5 Å². The van der Waals surface area contributed by atoms with Crippen LogP contribution in [0, 0.1) is 5.92 Å². The first-order chi connectivity index (χ1) is 8.13. The molecule has 1 unspecified atom stereocenters. The third-order valence-electron chi connectivity index (χ3n) is 1.98. The zero-order chi connectivity index (χ0) is 12.7. The molecule has 0 aliphatic rings. The first-order valence-electron chi connectivity index (χ1n) is 5.57. The molecule has 1 aromatic carbocycles. The van der Waals surface area contributed by atoms with Crippen molar-refractivity contribution in [2.45, 2.75) is 20.0 Å². The largest absolute Gasteiger partial charge is 0.477 e. The van der Waals surface area contributed by atoms with Gasteiger partial charge in [-0.3, -0.25) is 0 Å². The van der Waals surface area contributed by atoms with Crippen LogP contribution in [0.2, 0.25) is 0 Å². The van der Waals surface area contributed by atoms with E-state index in [-0.39, 0.29) is 5.88 Å². The van der Waals surface area contributed by atoms with Gasteiger partial charge in [0.1, 0.15) is 5.75 Å². The number of alkyl halides is 1. The fourth-order valence-electron chi connectivity index (χ4n) is 1.15. The molecule has 1 rings (SSSR count). The summed E-state index contributed by atoms with van der Waals surface area (Å²) in [4.78, 5) is 11.7. The van der Waals surface area contributed by atoms with Crippen molar-refractivity contribution in [3.05, 3.63) is 30.3 Å². The summed E-state index contributed by atoms with van der Waals surface area (Å²) >= 11 is 5.70. The Morgan fingerprint density at radius 1 is 1.29 bits per heavy atom. The Morgan fingerprint density at radius 3 is 2.47 bits per heavy atom. The second-order valence-electron chi connectivity index (χ2n) is 4.10. The van der Waals surface area contributed by atoms with E-state index in [0.717, 1.165) is 0 Å². The lowest BCUT2D eigenvalue weighted by Crippen LogP contribution is -2.31. The zero-order valence-corrected chi connectivity index (χ0v) is 10.8. The minimum atomic E-state index is -0.752. The Morgan fingerprint density at radius 2 is 1.94 bits per heavy atom. The highest BCUT2D eigenvalue weighted by molar-refractivity contribution is 6.19. The maximum absolute atomic E-state index is 11.7. The summed E-state index contributed by atoms with van der Waals surface area (Å²) in [5.41, 5.74) is 0. The van der Waals surface area contributed by atoms with E-state index in [4.69, 9.17) is 21.1 Å². The Balaban J connectivity index is 2.51. The van der Waals surface area contributed by atoms with Gasteiger partial charge in [0.25, 0.3) is 0 Å². The lowest BCUT2D eigenvalue weighted by atomic mass is 10.2. The smallest absolute Gasteiger partial charge is 0.348 e. The summed E-state index contributed by atoms with van der Waals surface area (Å²) < 4.78 is 10.5. The van der Waals surface area contributed by atoms with Crippen LogP contribution in [0.3, 0.4) is 0 Å². The number of esters is 1. The van der Waals surface area contributed by atoms with Crippen molar-refractivity contribution in [1.29, 1.82) is 0 Å². The normalized spacial score (nSPS) is 12.2. The monoisotopic (exact) mass is 256 g/mol. The third-order valence-corrected chi connectivity index (χ3v) is 2.26. The fraction of sp³-hybridized carbons (Fsp3) is 0.462. The number of rotatable bonds is 6. The van der Waals surface area contributed by atoms with E-state index in [9.17, 15) is 4.79 Å². The van der Waals surface area contributed by atoms with Crippen molar-refractivity contribution >= 4 is 17.6 Å². The maximum Gasteiger partial charge on any atom is 0.348 e. The van der Waals surface area contributed by atoms with E-state index in [1.807, 2.05) is 32.0 Å². The molecule has 94 valence electrons. The van der Waals surface area contributed by atoms with E-state index < -0.39 is 12.1 Å². The minimum Gasteiger partial charge on any atom is -0.477 e. The number of carbonyl (C=O) groups excluding carboxylic acids is 1. The van der Waals surface area contributed by atoms with Crippen molar-refractivity contribution in [3.63, 3.8) is 0 Å². The number of hydrogen-bond acceptors (Lipinski definition) is 3. The molecular formula is C13H17ClO3. The van der Waals surface area contributed by atoms with Crippen LogP contribution in [0.25, 0.3) is 0 Å². The summed E-state index contributed by atoms with van der Waals surface area (Å²) in [7, 11) is 0. The highest BCUT2D eigenvalue weighted by Gasteiger charge is 2.21. The van der Waals surface area contributed by atoms with E-state index in [0.29, 0.717) is 18.3 Å². The lowest BCUT2D eigenvalue weighted by Gasteiger charge is -2.16. The maximum atomic E-state index is 11.7. The summed E-state index contributed by atoms with van der Waals surface area (Å²) in [6, 6.07) is 9.09. The Hall–Kier alpha value is -1.22. The molecule has 1 atom stereocenters. The van der Waals surface area contributed by atoms with Crippen molar-refractivity contribution in [2.24, 2.45) is 5.92 Å². The van der Waals surface area contributed by atoms with Crippen LogP contribution in [0.1, 0.15) is 13.8 Å². The van der Waals surface area contributed by atoms with E-state index >= 15 is 0 Å². The van der Waals surface area contributed by atoms with Gasteiger partial charge in [-0.25, -0.2) is 4.79 Å². The van der Waals surface area contributed by atoms with Gasteiger partial charge in [-0.2, -0.15) is 0 Å². The van der Waals surface area contributed by atoms with Gasteiger partial charge in [-0.15, -0.1) is 11.6 Å². The number of halogens is 1. The molecule has 0 spiro atoms. The molecule has 0 saturated carbocycles. The second kappa shape index (κ2) is 7.17. The highest BCUT2D eigenvalue weighted by atomic mass is 35.5. The van der Waals surface area contributed by atoms with Crippen LogP contribution in [0.4, 0.5) is 0 Å².